The SMILES string of the molecule is CNCCOCC(=O)N1CCCc2ccccc21. The molecule has 0 radical (unpaired) electrons. The van der Waals surface area contributed by atoms with Crippen molar-refractivity contribution in [3.8, 4) is 0 Å². The van der Waals surface area contributed by atoms with Crippen molar-refractivity contribution in [3.05, 3.63) is 29.8 Å². The third-order valence-corrected chi connectivity index (χ3v) is 3.13. The number of nitrogens with one attached hydrogen (secondary N) is 1. The van der Waals surface area contributed by atoms with E-state index in [1.165, 1.54) is 5.56 Å². The summed E-state index contributed by atoms with van der Waals surface area (Å²) in [6.07, 6.45) is 2.08. The highest BCUT2D eigenvalue weighted by Gasteiger charge is 2.21. The minimum absolute atomic E-state index is 0.0539. The number of fused-ring (bicyclic) bond motifs is 1. The lowest BCUT2D eigenvalue weighted by Gasteiger charge is -2.29. The summed E-state index contributed by atoms with van der Waals surface area (Å²) in [7, 11) is 1.87. The van der Waals surface area contributed by atoms with Crippen LogP contribution in [0.3, 0.4) is 0 Å². The van der Waals surface area contributed by atoms with E-state index in [4.69, 9.17) is 4.74 Å². The van der Waals surface area contributed by atoms with E-state index >= 15 is 0 Å². The average Bonchev–Trinajstić information content (AvgIpc) is 2.43. The molecule has 0 spiro atoms. The van der Waals surface area contributed by atoms with E-state index in [-0.39, 0.29) is 12.5 Å². The predicted octanol–water partition coefficient (Wildman–Crippen LogP) is 1.20. The fourth-order valence-electron chi connectivity index (χ4n) is 2.20. The summed E-state index contributed by atoms with van der Waals surface area (Å²) in [5.74, 6) is 0.0539. The number of ether oxygens (including phenoxy) is 1. The molecule has 18 heavy (non-hydrogen) atoms. The van der Waals surface area contributed by atoms with Gasteiger partial charge in [0, 0.05) is 18.8 Å². The van der Waals surface area contributed by atoms with Crippen molar-refractivity contribution in [1.29, 1.82) is 0 Å². The molecule has 0 aromatic heterocycles. The molecule has 0 fully saturated rings. The molecule has 98 valence electrons. The third kappa shape index (κ3) is 3.09. The number of hydrogen-bond donors (Lipinski definition) is 1. The molecule has 0 saturated heterocycles. The number of aryl methyl sites for hydroxylation is 1. The van der Waals surface area contributed by atoms with E-state index < -0.39 is 0 Å². The van der Waals surface area contributed by atoms with Crippen LogP contribution >= 0.6 is 0 Å². The largest absolute Gasteiger partial charge is 0.370 e. The lowest BCUT2D eigenvalue weighted by Crippen LogP contribution is -2.38. The van der Waals surface area contributed by atoms with E-state index in [1.807, 2.05) is 30.1 Å². The van der Waals surface area contributed by atoms with Gasteiger partial charge in [0.2, 0.25) is 0 Å². The van der Waals surface area contributed by atoms with Gasteiger partial charge in [0.1, 0.15) is 6.61 Å². The molecule has 0 saturated carbocycles. The zero-order chi connectivity index (χ0) is 12.8. The quantitative estimate of drug-likeness (QED) is 0.796. The molecule has 1 N–H and O–H groups in total. The number of nitrogens with zero attached hydrogens (tertiary/aromatic N) is 1. The van der Waals surface area contributed by atoms with Crippen molar-refractivity contribution in [2.75, 3.05) is 38.3 Å². The Labute approximate surface area is 108 Å². The van der Waals surface area contributed by atoms with Crippen LogP contribution in [-0.4, -0.2) is 39.3 Å². The number of carbonyl (C=O) groups is 1. The summed E-state index contributed by atoms with van der Waals surface area (Å²) in [5.41, 5.74) is 2.30. The first-order valence-electron chi connectivity index (χ1n) is 6.43. The maximum absolute atomic E-state index is 12.1. The smallest absolute Gasteiger partial charge is 0.252 e. The summed E-state index contributed by atoms with van der Waals surface area (Å²) in [5, 5.41) is 2.99. The van der Waals surface area contributed by atoms with Crippen LogP contribution in [-0.2, 0) is 16.0 Å². The summed E-state index contributed by atoms with van der Waals surface area (Å²) in [6, 6.07) is 8.11. The highest BCUT2D eigenvalue weighted by Crippen LogP contribution is 2.26. The summed E-state index contributed by atoms with van der Waals surface area (Å²) < 4.78 is 5.35. The minimum Gasteiger partial charge on any atom is -0.370 e. The summed E-state index contributed by atoms with van der Waals surface area (Å²) in [6.45, 7) is 2.29. The molecule has 0 aliphatic carbocycles. The fourth-order valence-corrected chi connectivity index (χ4v) is 2.20. The molecular formula is C14H20N2O2. The number of rotatable bonds is 5. The van der Waals surface area contributed by atoms with Gasteiger partial charge >= 0.3 is 0 Å². The van der Waals surface area contributed by atoms with Crippen LogP contribution in [0.5, 0.6) is 0 Å². The number of likely N-dealkylation sites (N-methyl/N-ethyl adjacent to an activating group) is 1. The Kier molecular flexibility index (Phi) is 4.73. The van der Waals surface area contributed by atoms with Crippen molar-refractivity contribution < 1.29 is 9.53 Å². The third-order valence-electron chi connectivity index (χ3n) is 3.13. The maximum Gasteiger partial charge on any atom is 0.252 e. The van der Waals surface area contributed by atoms with Gasteiger partial charge in [0.25, 0.3) is 5.91 Å². The maximum atomic E-state index is 12.1. The van der Waals surface area contributed by atoms with Crippen LogP contribution in [0.25, 0.3) is 0 Å². The lowest BCUT2D eigenvalue weighted by atomic mass is 10.0. The summed E-state index contributed by atoms with van der Waals surface area (Å²) >= 11 is 0. The highest BCUT2D eigenvalue weighted by atomic mass is 16.5. The second kappa shape index (κ2) is 6.52. The number of hydrogen-bond acceptors (Lipinski definition) is 3. The van der Waals surface area contributed by atoms with E-state index in [0.717, 1.165) is 31.6 Å². The number of para-hydroxylation sites is 1. The summed E-state index contributed by atoms with van der Waals surface area (Å²) in [4.78, 5) is 13.9. The van der Waals surface area contributed by atoms with Gasteiger partial charge in [0.15, 0.2) is 0 Å². The molecule has 1 aromatic rings. The molecule has 4 heteroatoms. The first-order valence-corrected chi connectivity index (χ1v) is 6.43. The Hall–Kier alpha value is -1.39. The molecule has 1 heterocycles. The van der Waals surface area contributed by atoms with Crippen molar-refractivity contribution >= 4 is 11.6 Å². The second-order valence-corrected chi connectivity index (χ2v) is 4.43. The molecule has 1 amide bonds. The molecular weight excluding hydrogens is 228 g/mol. The Morgan fingerprint density at radius 2 is 2.28 bits per heavy atom. The van der Waals surface area contributed by atoms with E-state index in [0.29, 0.717) is 6.61 Å². The molecule has 1 aliphatic rings. The van der Waals surface area contributed by atoms with Gasteiger partial charge in [0.05, 0.1) is 6.61 Å². The van der Waals surface area contributed by atoms with Crippen LogP contribution in [0, 0.1) is 0 Å². The molecule has 0 bridgehead atoms. The molecule has 1 aromatic carbocycles. The van der Waals surface area contributed by atoms with Crippen molar-refractivity contribution in [1.82, 2.24) is 5.32 Å². The molecule has 0 unspecified atom stereocenters. The Balaban J connectivity index is 1.95. The normalized spacial score (nSPS) is 14.4. The second-order valence-electron chi connectivity index (χ2n) is 4.43. The fraction of sp³-hybridized carbons (Fsp3) is 0.500. The van der Waals surface area contributed by atoms with Gasteiger partial charge in [-0.1, -0.05) is 18.2 Å². The lowest BCUT2D eigenvalue weighted by molar-refractivity contribution is -0.123. The molecule has 1 aliphatic heterocycles. The number of amides is 1. The highest BCUT2D eigenvalue weighted by molar-refractivity contribution is 5.95. The number of carbonyl (C=O) groups excluding carboxylic acids is 1. The zero-order valence-electron chi connectivity index (χ0n) is 10.8. The van der Waals surface area contributed by atoms with Crippen LogP contribution in [0.1, 0.15) is 12.0 Å². The Bertz CT molecular complexity index is 407. The van der Waals surface area contributed by atoms with Crippen molar-refractivity contribution in [3.63, 3.8) is 0 Å². The van der Waals surface area contributed by atoms with Gasteiger partial charge in [-0.25, -0.2) is 0 Å². The van der Waals surface area contributed by atoms with Gasteiger partial charge in [-0.05, 0) is 31.5 Å². The van der Waals surface area contributed by atoms with Crippen LogP contribution in [0.2, 0.25) is 0 Å². The van der Waals surface area contributed by atoms with Crippen molar-refractivity contribution in [2.45, 2.75) is 12.8 Å². The van der Waals surface area contributed by atoms with E-state index in [1.54, 1.807) is 0 Å². The van der Waals surface area contributed by atoms with Crippen LogP contribution in [0.15, 0.2) is 24.3 Å². The number of anilines is 1. The van der Waals surface area contributed by atoms with Gasteiger partial charge < -0.3 is 15.0 Å². The van der Waals surface area contributed by atoms with Gasteiger partial charge in [-0.3, -0.25) is 4.79 Å². The predicted molar refractivity (Wildman–Crippen MR) is 71.9 cm³/mol. The first kappa shape index (κ1) is 13.1. The van der Waals surface area contributed by atoms with Gasteiger partial charge in [-0.2, -0.15) is 0 Å². The standard InChI is InChI=1S/C14H20N2O2/c1-15-8-10-18-11-14(17)16-9-4-6-12-5-2-3-7-13(12)16/h2-3,5,7,15H,4,6,8-11H2,1H3. The zero-order valence-corrected chi connectivity index (χ0v) is 10.8. The van der Waals surface area contributed by atoms with E-state index in [2.05, 4.69) is 11.4 Å². The minimum atomic E-state index is 0.0539. The monoisotopic (exact) mass is 248 g/mol. The topological polar surface area (TPSA) is 41.6 Å². The Morgan fingerprint density at radius 3 is 3.11 bits per heavy atom. The Morgan fingerprint density at radius 1 is 1.44 bits per heavy atom. The van der Waals surface area contributed by atoms with Crippen molar-refractivity contribution in [2.24, 2.45) is 0 Å². The van der Waals surface area contributed by atoms with Gasteiger partial charge in [-0.15, -0.1) is 0 Å². The number of benzene rings is 1. The van der Waals surface area contributed by atoms with Crippen LogP contribution in [0.4, 0.5) is 5.69 Å². The average molecular weight is 248 g/mol. The molecule has 2 rings (SSSR count). The molecule has 4 nitrogen and oxygen atoms in total. The first-order chi connectivity index (χ1) is 8.83. The van der Waals surface area contributed by atoms with Crippen LogP contribution < -0.4 is 10.2 Å². The molecule has 0 atom stereocenters. The van der Waals surface area contributed by atoms with E-state index in [9.17, 15) is 4.79 Å².